The average Bonchev–Trinajstić information content (AvgIpc) is 2.80. The molecule has 0 aromatic heterocycles. The Morgan fingerprint density at radius 2 is 1.77 bits per heavy atom. The molecule has 2 aliphatic rings. The summed E-state index contributed by atoms with van der Waals surface area (Å²) >= 11 is 0. The molecule has 9 nitrogen and oxygen atoms in total. The first kappa shape index (κ1) is 23.5. The third-order valence-electron chi connectivity index (χ3n) is 5.83. The fraction of sp³-hybridized carbons (Fsp3) is 0.619. The predicted octanol–water partition coefficient (Wildman–Crippen LogP) is 1.59. The lowest BCUT2D eigenvalue weighted by atomic mass is 9.98. The van der Waals surface area contributed by atoms with Crippen LogP contribution in [0.15, 0.2) is 30.3 Å². The summed E-state index contributed by atoms with van der Waals surface area (Å²) in [5, 5.41) is 3.02. The summed E-state index contributed by atoms with van der Waals surface area (Å²) in [6.07, 6.45) is 0.886. The summed E-state index contributed by atoms with van der Waals surface area (Å²) in [7, 11) is -3.69. The van der Waals surface area contributed by atoms with Crippen molar-refractivity contribution in [3.63, 3.8) is 0 Å². The highest BCUT2D eigenvalue weighted by Gasteiger charge is 2.38. The maximum atomic E-state index is 13.1. The third kappa shape index (κ3) is 5.75. The molecule has 3 rings (SSSR count). The van der Waals surface area contributed by atoms with E-state index in [4.69, 9.17) is 4.74 Å². The van der Waals surface area contributed by atoms with Crippen LogP contribution in [0.3, 0.4) is 0 Å². The van der Waals surface area contributed by atoms with E-state index in [0.717, 1.165) is 5.56 Å². The van der Waals surface area contributed by atoms with Crippen molar-refractivity contribution >= 4 is 22.2 Å². The molecule has 2 aliphatic heterocycles. The zero-order chi connectivity index (χ0) is 22.4. The Labute approximate surface area is 184 Å². The monoisotopic (exact) mass is 452 g/mol. The van der Waals surface area contributed by atoms with Gasteiger partial charge in [0.1, 0.15) is 0 Å². The number of hydrogen-bond acceptors (Lipinski definition) is 5. The summed E-state index contributed by atoms with van der Waals surface area (Å²) in [4.78, 5) is 26.2. The van der Waals surface area contributed by atoms with Gasteiger partial charge in [-0.05, 0) is 32.3 Å². The molecule has 0 spiro atoms. The number of piperidine rings is 1. The van der Waals surface area contributed by atoms with Gasteiger partial charge in [-0.25, -0.2) is 4.79 Å². The Balaban J connectivity index is 1.56. The molecule has 0 saturated carbocycles. The van der Waals surface area contributed by atoms with Gasteiger partial charge in [0.05, 0.1) is 18.6 Å². The van der Waals surface area contributed by atoms with E-state index in [1.807, 2.05) is 37.3 Å². The summed E-state index contributed by atoms with van der Waals surface area (Å²) in [6.45, 7) is 5.56. The maximum absolute atomic E-state index is 13.1. The van der Waals surface area contributed by atoms with E-state index >= 15 is 0 Å². The molecule has 10 heteroatoms. The highest BCUT2D eigenvalue weighted by atomic mass is 32.2. The van der Waals surface area contributed by atoms with E-state index in [1.54, 1.807) is 6.92 Å². The number of carbonyl (C=O) groups excluding carboxylic acids is 2. The molecule has 2 atom stereocenters. The smallest absolute Gasteiger partial charge is 0.409 e. The third-order valence-corrected chi connectivity index (χ3v) is 7.83. The van der Waals surface area contributed by atoms with E-state index in [9.17, 15) is 18.0 Å². The average molecular weight is 453 g/mol. The molecule has 31 heavy (non-hydrogen) atoms. The van der Waals surface area contributed by atoms with Crippen molar-refractivity contribution in [2.45, 2.75) is 32.7 Å². The molecule has 2 amide bonds. The van der Waals surface area contributed by atoms with E-state index in [0.29, 0.717) is 32.5 Å². The zero-order valence-electron chi connectivity index (χ0n) is 18.2. The Morgan fingerprint density at radius 1 is 1.10 bits per heavy atom. The van der Waals surface area contributed by atoms with Gasteiger partial charge in [0.2, 0.25) is 5.91 Å². The van der Waals surface area contributed by atoms with E-state index in [-0.39, 0.29) is 44.1 Å². The van der Waals surface area contributed by atoms with E-state index in [2.05, 4.69) is 5.32 Å². The van der Waals surface area contributed by atoms with Crippen molar-refractivity contribution < 1.29 is 22.7 Å². The van der Waals surface area contributed by atoms with Crippen molar-refractivity contribution in [1.29, 1.82) is 0 Å². The fourth-order valence-electron chi connectivity index (χ4n) is 4.00. The van der Waals surface area contributed by atoms with Crippen LogP contribution >= 0.6 is 0 Å². The fourth-order valence-corrected chi connectivity index (χ4v) is 5.68. The number of amides is 2. The number of piperazine rings is 1. The van der Waals surface area contributed by atoms with Crippen LogP contribution in [0.2, 0.25) is 0 Å². The second kappa shape index (κ2) is 10.4. The lowest BCUT2D eigenvalue weighted by Gasteiger charge is -2.38. The standard InChI is InChI=1S/C21H32N4O5S/c1-3-30-21(27)23-12-14-24(15-13-23)31(28,29)25-11-7-10-19(16-25)20(26)22-17(2)18-8-5-4-6-9-18/h4-6,8-9,17,19H,3,7,10-16H2,1-2H3,(H,22,26)/t17-,19-/m1/s1. The van der Waals surface area contributed by atoms with Gasteiger partial charge in [-0.1, -0.05) is 30.3 Å². The summed E-state index contributed by atoms with van der Waals surface area (Å²) in [5.74, 6) is -0.501. The zero-order valence-corrected chi connectivity index (χ0v) is 19.0. The number of ether oxygens (including phenoxy) is 1. The second-order valence-electron chi connectivity index (χ2n) is 7.93. The molecule has 2 saturated heterocycles. The van der Waals surface area contributed by atoms with Crippen molar-refractivity contribution in [2.75, 3.05) is 45.9 Å². The van der Waals surface area contributed by atoms with Crippen LogP contribution in [0.1, 0.15) is 38.3 Å². The van der Waals surface area contributed by atoms with Crippen LogP contribution < -0.4 is 5.32 Å². The first-order valence-corrected chi connectivity index (χ1v) is 12.2. The second-order valence-corrected chi connectivity index (χ2v) is 9.86. The molecule has 1 N–H and O–H groups in total. The summed E-state index contributed by atoms with van der Waals surface area (Å²) < 4.78 is 34.1. The molecule has 2 heterocycles. The normalized spacial score (nSPS) is 22.0. The number of nitrogens with one attached hydrogen (secondary N) is 1. The molecule has 1 aromatic carbocycles. The SMILES string of the molecule is CCOC(=O)N1CCN(S(=O)(=O)N2CCC[C@@H](C(=O)N[C@H](C)c3ccccc3)C2)CC1. The lowest BCUT2D eigenvalue weighted by molar-refractivity contribution is -0.126. The number of rotatable bonds is 6. The minimum atomic E-state index is -3.69. The van der Waals surface area contributed by atoms with Crippen LogP contribution in [0.5, 0.6) is 0 Å². The van der Waals surface area contributed by atoms with Gasteiger partial charge < -0.3 is 15.0 Å². The molecule has 0 unspecified atom stereocenters. The van der Waals surface area contributed by atoms with Crippen LogP contribution in [-0.2, 0) is 19.7 Å². The predicted molar refractivity (Wildman–Crippen MR) is 116 cm³/mol. The van der Waals surface area contributed by atoms with Crippen molar-refractivity contribution in [1.82, 2.24) is 18.8 Å². The van der Waals surface area contributed by atoms with Gasteiger partial charge in [-0.2, -0.15) is 17.0 Å². The molecule has 0 aliphatic carbocycles. The van der Waals surface area contributed by atoms with Crippen molar-refractivity contribution in [3.8, 4) is 0 Å². The summed E-state index contributed by atoms with van der Waals surface area (Å²) in [6, 6.07) is 9.55. The van der Waals surface area contributed by atoms with E-state index < -0.39 is 16.3 Å². The topological polar surface area (TPSA) is 99.3 Å². The Morgan fingerprint density at radius 3 is 2.42 bits per heavy atom. The minimum Gasteiger partial charge on any atom is -0.450 e. The molecule has 1 aromatic rings. The quantitative estimate of drug-likeness (QED) is 0.707. The van der Waals surface area contributed by atoms with Crippen LogP contribution in [0.25, 0.3) is 0 Å². The van der Waals surface area contributed by atoms with Gasteiger partial charge >= 0.3 is 6.09 Å². The molecule has 172 valence electrons. The maximum Gasteiger partial charge on any atom is 0.409 e. The summed E-state index contributed by atoms with van der Waals surface area (Å²) in [5.41, 5.74) is 1.01. The Kier molecular flexibility index (Phi) is 7.90. The first-order chi connectivity index (χ1) is 14.8. The number of carbonyl (C=O) groups is 2. The van der Waals surface area contributed by atoms with E-state index in [1.165, 1.54) is 13.5 Å². The largest absolute Gasteiger partial charge is 0.450 e. The van der Waals surface area contributed by atoms with Gasteiger partial charge in [0.25, 0.3) is 10.2 Å². The Hall–Kier alpha value is -2.17. The van der Waals surface area contributed by atoms with Gasteiger partial charge in [0, 0.05) is 39.3 Å². The van der Waals surface area contributed by atoms with Crippen LogP contribution in [-0.4, -0.2) is 79.8 Å². The number of nitrogens with zero attached hydrogens (tertiary/aromatic N) is 3. The van der Waals surface area contributed by atoms with Gasteiger partial charge in [-0.15, -0.1) is 0 Å². The van der Waals surface area contributed by atoms with Crippen molar-refractivity contribution in [2.24, 2.45) is 5.92 Å². The Bertz CT molecular complexity index is 856. The number of hydrogen-bond donors (Lipinski definition) is 1. The van der Waals surface area contributed by atoms with Crippen LogP contribution in [0.4, 0.5) is 4.79 Å². The molecule has 2 fully saturated rings. The van der Waals surface area contributed by atoms with Gasteiger partial charge in [0.15, 0.2) is 0 Å². The first-order valence-electron chi connectivity index (χ1n) is 10.8. The highest BCUT2D eigenvalue weighted by Crippen LogP contribution is 2.23. The highest BCUT2D eigenvalue weighted by molar-refractivity contribution is 7.86. The molecular weight excluding hydrogens is 420 g/mol. The lowest BCUT2D eigenvalue weighted by Crippen LogP contribution is -2.56. The minimum absolute atomic E-state index is 0.122. The van der Waals surface area contributed by atoms with Crippen molar-refractivity contribution in [3.05, 3.63) is 35.9 Å². The van der Waals surface area contributed by atoms with Gasteiger partial charge in [-0.3, -0.25) is 4.79 Å². The number of benzene rings is 1. The molecule has 0 bridgehead atoms. The van der Waals surface area contributed by atoms with Crippen LogP contribution in [0, 0.1) is 5.92 Å². The molecule has 0 radical (unpaired) electrons. The molecular formula is C21H32N4O5S.